The Kier molecular flexibility index (Phi) is 4.50. The van der Waals surface area contributed by atoms with Crippen LogP contribution in [0.5, 0.6) is 0 Å². The second-order valence-corrected chi connectivity index (χ2v) is 8.76. The molecule has 1 fully saturated rings. The zero-order chi connectivity index (χ0) is 22.9. The number of nitriles is 1. The fraction of sp³-hybridized carbons (Fsp3) is 0.300. The molecule has 1 saturated carbocycles. The summed E-state index contributed by atoms with van der Waals surface area (Å²) in [5, 5.41) is 18.9. The second kappa shape index (κ2) is 6.84. The molecule has 0 unspecified atom stereocenters. The Morgan fingerprint density at radius 1 is 1.12 bits per heavy atom. The first-order chi connectivity index (χ1) is 15.0. The number of aromatic nitrogens is 5. The average molecular weight is 558 g/mol. The molecular weight excluding hydrogens is 546 g/mol. The van der Waals surface area contributed by atoms with Crippen molar-refractivity contribution in [2.75, 3.05) is 0 Å². The lowest BCUT2D eigenvalue weighted by atomic mass is 9.97. The third kappa shape index (κ3) is 3.21. The van der Waals surface area contributed by atoms with E-state index < -0.39 is 24.1 Å². The number of rotatable bonds is 4. The highest BCUT2D eigenvalue weighted by molar-refractivity contribution is 14.1. The highest BCUT2D eigenvalue weighted by Gasteiger charge is 2.57. The Balaban J connectivity index is 1.53. The smallest absolute Gasteiger partial charge is 0.257 e. The summed E-state index contributed by atoms with van der Waals surface area (Å²) in [6.45, 7) is -1.63. The lowest BCUT2D eigenvalue weighted by Crippen LogP contribution is -2.40. The summed E-state index contributed by atoms with van der Waals surface area (Å²) in [7, 11) is 0. The van der Waals surface area contributed by atoms with Crippen LogP contribution in [0.2, 0.25) is 0 Å². The molecule has 5 rings (SSSR count). The predicted octanol–water partition coefficient (Wildman–Crippen LogP) is 5.13. The van der Waals surface area contributed by atoms with Gasteiger partial charge in [-0.1, -0.05) is 6.07 Å². The topological polar surface area (TPSA) is 72.3 Å². The average Bonchev–Trinajstić information content (AvgIpc) is 3.36. The van der Waals surface area contributed by atoms with E-state index >= 15 is 0 Å². The lowest BCUT2D eigenvalue weighted by Gasteiger charge is -2.19. The molecule has 32 heavy (non-hydrogen) atoms. The minimum atomic E-state index is -5.67. The zero-order valence-corrected chi connectivity index (χ0v) is 18.2. The quantitative estimate of drug-likeness (QED) is 0.258. The Morgan fingerprint density at radius 2 is 1.88 bits per heavy atom. The molecule has 6 nitrogen and oxygen atoms in total. The van der Waals surface area contributed by atoms with Crippen molar-refractivity contribution in [2.45, 2.75) is 36.9 Å². The molecule has 0 atom stereocenters. The van der Waals surface area contributed by atoms with E-state index in [0.717, 1.165) is 27.5 Å². The molecule has 0 spiro atoms. The van der Waals surface area contributed by atoms with Crippen molar-refractivity contribution in [1.29, 1.82) is 5.26 Å². The van der Waals surface area contributed by atoms with Crippen molar-refractivity contribution >= 4 is 44.4 Å². The summed E-state index contributed by atoms with van der Waals surface area (Å²) in [6.07, 6.45) is -1.64. The molecule has 0 bridgehead atoms. The first kappa shape index (κ1) is 21.0. The van der Waals surface area contributed by atoms with Gasteiger partial charge in [-0.2, -0.15) is 37.4 Å². The third-order valence-electron chi connectivity index (χ3n) is 5.62. The molecule has 1 aliphatic carbocycles. The molecule has 0 radical (unpaired) electrons. The predicted molar refractivity (Wildman–Crippen MR) is 112 cm³/mol. The highest BCUT2D eigenvalue weighted by Crippen LogP contribution is 2.48. The molecule has 12 heteroatoms. The monoisotopic (exact) mass is 558 g/mol. The largest absolute Gasteiger partial charge is 0.455 e. The van der Waals surface area contributed by atoms with Crippen molar-refractivity contribution in [2.24, 2.45) is 0 Å². The van der Waals surface area contributed by atoms with Gasteiger partial charge in [-0.25, -0.2) is 9.67 Å². The van der Waals surface area contributed by atoms with E-state index in [0.29, 0.717) is 21.4 Å². The normalized spacial score (nSPS) is 15.9. The van der Waals surface area contributed by atoms with Crippen molar-refractivity contribution in [3.63, 3.8) is 0 Å². The van der Waals surface area contributed by atoms with Gasteiger partial charge in [0.15, 0.2) is 5.82 Å². The van der Waals surface area contributed by atoms with Gasteiger partial charge in [-0.3, -0.25) is 4.68 Å². The van der Waals surface area contributed by atoms with E-state index in [4.69, 9.17) is 0 Å². The van der Waals surface area contributed by atoms with Crippen LogP contribution in [-0.2, 0) is 12.0 Å². The molecule has 1 aromatic carbocycles. The number of nitrogens with zero attached hydrogens (tertiary/aromatic N) is 6. The van der Waals surface area contributed by atoms with Crippen molar-refractivity contribution in [3.8, 4) is 11.9 Å². The van der Waals surface area contributed by atoms with Crippen LogP contribution in [0, 0.1) is 15.0 Å². The van der Waals surface area contributed by atoms with E-state index in [1.807, 2.05) is 18.2 Å². The van der Waals surface area contributed by atoms with Crippen molar-refractivity contribution in [1.82, 2.24) is 24.5 Å². The molecule has 0 saturated heterocycles. The molecule has 1 aliphatic rings. The Hall–Kier alpha value is -2.82. The van der Waals surface area contributed by atoms with Gasteiger partial charge in [0.05, 0.1) is 34.9 Å². The minimum absolute atomic E-state index is 0.0522. The van der Waals surface area contributed by atoms with Gasteiger partial charge in [0.1, 0.15) is 10.2 Å². The zero-order valence-electron chi connectivity index (χ0n) is 16.0. The maximum Gasteiger partial charge on any atom is 0.455 e. The van der Waals surface area contributed by atoms with Crippen molar-refractivity contribution in [3.05, 3.63) is 45.9 Å². The van der Waals surface area contributed by atoms with Crippen LogP contribution in [0.3, 0.4) is 0 Å². The molecule has 0 N–H and O–H groups in total. The molecule has 4 aromatic rings. The Labute approximate surface area is 190 Å². The molecule has 3 aromatic heterocycles. The number of hydrogen-bond donors (Lipinski definition) is 0. The van der Waals surface area contributed by atoms with Gasteiger partial charge < -0.3 is 0 Å². The number of pyridine rings is 1. The van der Waals surface area contributed by atoms with Crippen LogP contribution < -0.4 is 0 Å². The Bertz CT molecular complexity index is 1410. The summed E-state index contributed by atoms with van der Waals surface area (Å²) in [6, 6.07) is 9.56. The molecule has 0 aliphatic heterocycles. The molecule has 0 amide bonds. The molecule has 3 heterocycles. The number of fused-ring (bicyclic) bond motifs is 2. The summed E-state index contributed by atoms with van der Waals surface area (Å²) in [4.78, 5) is 4.21. The van der Waals surface area contributed by atoms with Crippen LogP contribution in [0.15, 0.2) is 36.7 Å². The first-order valence-electron chi connectivity index (χ1n) is 9.41. The van der Waals surface area contributed by atoms with E-state index in [1.165, 1.54) is 18.5 Å². The molecule has 164 valence electrons. The minimum Gasteiger partial charge on any atom is -0.257 e. The van der Waals surface area contributed by atoms with E-state index in [9.17, 15) is 27.2 Å². The fourth-order valence-corrected chi connectivity index (χ4v) is 4.39. The van der Waals surface area contributed by atoms with Gasteiger partial charge >= 0.3 is 12.1 Å². The highest BCUT2D eigenvalue weighted by atomic mass is 127. The lowest BCUT2D eigenvalue weighted by molar-refractivity contribution is -0.287. The van der Waals surface area contributed by atoms with Crippen LogP contribution in [-0.4, -0.2) is 36.6 Å². The van der Waals surface area contributed by atoms with E-state index in [2.05, 4.69) is 43.8 Å². The number of halogens is 6. The van der Waals surface area contributed by atoms with Crippen molar-refractivity contribution < 1.29 is 22.0 Å². The van der Waals surface area contributed by atoms with Crippen LogP contribution >= 0.6 is 22.6 Å². The standard InChI is InChI=1S/C20H12F5IN6/c21-19(22,20(23,24)25)10-31-15-8-28-16(5-11(15)7-29-31)32-17(26)13-2-1-12(6-14(13)30-32)18(9-27)3-4-18/h1-2,5-8H,3-4,10H2. The maximum atomic E-state index is 13.4. The SMILES string of the molecule is N#CC1(c2ccc3c(I)n(-c4cc5cnn(CC(F)(F)C(F)(F)F)c5cn4)nc3c2)CC1. The van der Waals surface area contributed by atoms with Gasteiger partial charge in [0, 0.05) is 10.8 Å². The fourth-order valence-electron chi connectivity index (χ4n) is 3.58. The third-order valence-corrected chi connectivity index (χ3v) is 6.66. The number of hydrogen-bond acceptors (Lipinski definition) is 4. The number of alkyl halides is 5. The van der Waals surface area contributed by atoms with E-state index in [1.54, 1.807) is 4.68 Å². The van der Waals surface area contributed by atoms with E-state index in [-0.39, 0.29) is 5.52 Å². The summed E-state index contributed by atoms with van der Waals surface area (Å²) < 4.78 is 67.4. The summed E-state index contributed by atoms with van der Waals surface area (Å²) >= 11 is 2.10. The second-order valence-electron chi connectivity index (χ2n) is 7.73. The van der Waals surface area contributed by atoms with Gasteiger partial charge in [0.25, 0.3) is 0 Å². The van der Waals surface area contributed by atoms with Crippen LogP contribution in [0.1, 0.15) is 18.4 Å². The summed E-state index contributed by atoms with van der Waals surface area (Å²) in [5.74, 6) is -4.55. The summed E-state index contributed by atoms with van der Waals surface area (Å²) in [5.41, 5.74) is 1.18. The van der Waals surface area contributed by atoms with Gasteiger partial charge in [-0.15, -0.1) is 0 Å². The number of benzene rings is 1. The van der Waals surface area contributed by atoms with Gasteiger partial charge in [0.2, 0.25) is 0 Å². The van der Waals surface area contributed by atoms with Crippen LogP contribution in [0.4, 0.5) is 22.0 Å². The first-order valence-corrected chi connectivity index (χ1v) is 10.5. The molecular formula is C20H12F5IN6. The van der Waals surface area contributed by atoms with Gasteiger partial charge in [-0.05, 0) is 59.2 Å². The van der Waals surface area contributed by atoms with Crippen LogP contribution in [0.25, 0.3) is 27.6 Å². The Morgan fingerprint density at radius 3 is 2.53 bits per heavy atom. The maximum absolute atomic E-state index is 13.4.